The monoisotopic (exact) mass is 423 g/mol. The second-order valence-corrected chi connectivity index (χ2v) is 7.69. The Morgan fingerprint density at radius 3 is 2.40 bits per heavy atom. The van der Waals surface area contributed by atoms with Crippen molar-refractivity contribution in [3.63, 3.8) is 0 Å². The van der Waals surface area contributed by atoms with Crippen molar-refractivity contribution in [2.24, 2.45) is 0 Å². The van der Waals surface area contributed by atoms with Crippen LogP contribution in [0.1, 0.15) is 0 Å². The highest BCUT2D eigenvalue weighted by molar-refractivity contribution is 6.30. The number of piperazine rings is 1. The molecular weight excluding hydrogens is 402 g/mol. The molecule has 0 bridgehead atoms. The number of hydrogen-bond acceptors (Lipinski definition) is 6. The molecule has 154 valence electrons. The van der Waals surface area contributed by atoms with Crippen LogP contribution in [0.5, 0.6) is 11.5 Å². The van der Waals surface area contributed by atoms with Gasteiger partial charge in [0.2, 0.25) is 0 Å². The number of hydrogen-bond donors (Lipinski definition) is 1. The summed E-state index contributed by atoms with van der Waals surface area (Å²) < 4.78 is 10.9. The molecule has 0 saturated carbocycles. The van der Waals surface area contributed by atoms with E-state index in [0.717, 1.165) is 64.6 Å². The van der Waals surface area contributed by atoms with E-state index >= 15 is 0 Å². The summed E-state index contributed by atoms with van der Waals surface area (Å²) in [6.45, 7) is 3.52. The normalized spacial score (nSPS) is 14.5. The third-order valence-electron chi connectivity index (χ3n) is 5.62. The van der Waals surface area contributed by atoms with Gasteiger partial charge in [-0.25, -0.2) is 9.97 Å². The summed E-state index contributed by atoms with van der Waals surface area (Å²) in [6, 6.07) is 11.9. The summed E-state index contributed by atoms with van der Waals surface area (Å²) >= 11 is 6.16. The molecule has 7 nitrogen and oxygen atoms in total. The Kier molecular flexibility index (Phi) is 4.75. The molecule has 1 fully saturated rings. The summed E-state index contributed by atoms with van der Waals surface area (Å²) in [4.78, 5) is 17.3. The van der Waals surface area contributed by atoms with E-state index in [-0.39, 0.29) is 0 Å². The van der Waals surface area contributed by atoms with E-state index in [2.05, 4.69) is 30.8 Å². The molecule has 8 heteroatoms. The summed E-state index contributed by atoms with van der Waals surface area (Å²) in [5.41, 5.74) is 3.91. The molecule has 0 amide bonds. The number of fused-ring (bicyclic) bond motifs is 3. The Hall–Kier alpha value is -3.19. The molecule has 2 aromatic heterocycles. The Bertz CT molecular complexity index is 1220. The van der Waals surface area contributed by atoms with Gasteiger partial charge in [-0.15, -0.1) is 0 Å². The van der Waals surface area contributed by atoms with Gasteiger partial charge in [0.25, 0.3) is 0 Å². The molecule has 2 aromatic carbocycles. The second kappa shape index (κ2) is 7.57. The first-order chi connectivity index (χ1) is 14.7. The maximum absolute atomic E-state index is 6.16. The lowest BCUT2D eigenvalue weighted by Crippen LogP contribution is -2.47. The van der Waals surface area contributed by atoms with E-state index in [0.29, 0.717) is 11.5 Å². The number of benzene rings is 2. The van der Waals surface area contributed by atoms with Gasteiger partial charge in [0.1, 0.15) is 17.4 Å². The van der Waals surface area contributed by atoms with Crippen LogP contribution in [0.15, 0.2) is 42.7 Å². The molecular formula is C22H22ClN5O2. The first-order valence-corrected chi connectivity index (χ1v) is 10.2. The van der Waals surface area contributed by atoms with Crippen LogP contribution >= 0.6 is 11.6 Å². The molecule has 0 spiro atoms. The van der Waals surface area contributed by atoms with Crippen LogP contribution in [0.25, 0.3) is 21.9 Å². The highest BCUT2D eigenvalue weighted by Gasteiger charge is 2.22. The fourth-order valence-corrected chi connectivity index (χ4v) is 4.28. The van der Waals surface area contributed by atoms with E-state index in [4.69, 9.17) is 21.1 Å². The number of rotatable bonds is 4. The number of halogens is 1. The Labute approximate surface area is 179 Å². The van der Waals surface area contributed by atoms with Crippen molar-refractivity contribution in [2.45, 2.75) is 0 Å². The van der Waals surface area contributed by atoms with Crippen LogP contribution in [0.3, 0.4) is 0 Å². The van der Waals surface area contributed by atoms with Crippen LogP contribution in [0.2, 0.25) is 5.02 Å². The number of nitrogens with zero attached hydrogens (tertiary/aromatic N) is 4. The number of ether oxygens (including phenoxy) is 2. The van der Waals surface area contributed by atoms with Gasteiger partial charge in [-0.1, -0.05) is 17.7 Å². The average molecular weight is 424 g/mol. The summed E-state index contributed by atoms with van der Waals surface area (Å²) in [5.74, 6) is 2.28. The lowest BCUT2D eigenvalue weighted by Gasteiger charge is -2.36. The van der Waals surface area contributed by atoms with Crippen molar-refractivity contribution in [2.75, 3.05) is 50.2 Å². The van der Waals surface area contributed by atoms with Gasteiger partial charge in [0.15, 0.2) is 17.3 Å². The van der Waals surface area contributed by atoms with Gasteiger partial charge in [-0.3, -0.25) is 0 Å². The first kappa shape index (κ1) is 18.8. The quantitative estimate of drug-likeness (QED) is 0.533. The van der Waals surface area contributed by atoms with Crippen LogP contribution in [-0.2, 0) is 0 Å². The molecule has 1 aliphatic rings. The smallest absolute Gasteiger partial charge is 0.162 e. The molecule has 0 unspecified atom stereocenters. The van der Waals surface area contributed by atoms with Crippen molar-refractivity contribution < 1.29 is 9.47 Å². The largest absolute Gasteiger partial charge is 0.493 e. The van der Waals surface area contributed by atoms with Gasteiger partial charge >= 0.3 is 0 Å². The second-order valence-electron chi connectivity index (χ2n) is 7.25. The topological polar surface area (TPSA) is 66.5 Å². The Morgan fingerprint density at radius 1 is 0.933 bits per heavy atom. The van der Waals surface area contributed by atoms with Crippen LogP contribution < -0.4 is 19.3 Å². The SMILES string of the molecule is COc1cc2[nH]c3c(N4CCN(c5cccc(Cl)c5)CC4)ncnc3c2cc1OC. The van der Waals surface area contributed by atoms with Crippen molar-refractivity contribution >= 4 is 45.0 Å². The first-order valence-electron chi connectivity index (χ1n) is 9.82. The molecule has 3 heterocycles. The van der Waals surface area contributed by atoms with Crippen molar-refractivity contribution in [1.82, 2.24) is 15.0 Å². The van der Waals surface area contributed by atoms with E-state index in [9.17, 15) is 0 Å². The molecule has 1 N–H and O–H groups in total. The van der Waals surface area contributed by atoms with Crippen molar-refractivity contribution in [3.8, 4) is 11.5 Å². The minimum atomic E-state index is 0.682. The van der Waals surface area contributed by atoms with Gasteiger partial charge < -0.3 is 24.3 Å². The van der Waals surface area contributed by atoms with Crippen molar-refractivity contribution in [3.05, 3.63) is 47.7 Å². The minimum absolute atomic E-state index is 0.682. The number of H-pyrrole nitrogens is 1. The van der Waals surface area contributed by atoms with E-state index < -0.39 is 0 Å². The molecule has 4 aromatic rings. The zero-order valence-electron chi connectivity index (χ0n) is 16.9. The summed E-state index contributed by atoms with van der Waals surface area (Å²) in [5, 5.41) is 1.75. The molecule has 0 atom stereocenters. The Morgan fingerprint density at radius 2 is 1.67 bits per heavy atom. The zero-order chi connectivity index (χ0) is 20.7. The fraction of sp³-hybridized carbons (Fsp3) is 0.273. The average Bonchev–Trinajstić information content (AvgIpc) is 3.15. The van der Waals surface area contributed by atoms with Crippen LogP contribution in [-0.4, -0.2) is 55.4 Å². The van der Waals surface area contributed by atoms with Gasteiger partial charge in [-0.05, 0) is 24.3 Å². The predicted molar refractivity (Wildman–Crippen MR) is 120 cm³/mol. The maximum atomic E-state index is 6.16. The zero-order valence-corrected chi connectivity index (χ0v) is 17.6. The standard InChI is InChI=1S/C22H22ClN5O2/c1-29-18-11-16-17(12-19(18)30-2)26-21-20(16)24-13-25-22(21)28-8-6-27(7-9-28)15-5-3-4-14(23)10-15/h3-5,10-13,26H,6-9H2,1-2H3. The molecule has 1 saturated heterocycles. The lowest BCUT2D eigenvalue weighted by molar-refractivity contribution is 0.356. The van der Waals surface area contributed by atoms with Crippen molar-refractivity contribution in [1.29, 1.82) is 0 Å². The number of nitrogens with one attached hydrogen (secondary N) is 1. The minimum Gasteiger partial charge on any atom is -0.493 e. The van der Waals surface area contributed by atoms with E-state index in [1.165, 1.54) is 0 Å². The van der Waals surface area contributed by atoms with Gasteiger partial charge in [-0.2, -0.15) is 0 Å². The fourth-order valence-electron chi connectivity index (χ4n) is 4.10. The van der Waals surface area contributed by atoms with E-state index in [1.807, 2.05) is 30.3 Å². The number of methoxy groups -OCH3 is 2. The highest BCUT2D eigenvalue weighted by Crippen LogP contribution is 2.37. The lowest BCUT2D eigenvalue weighted by atomic mass is 10.2. The number of aromatic nitrogens is 3. The summed E-state index contributed by atoms with van der Waals surface area (Å²) in [7, 11) is 3.27. The molecule has 0 aliphatic carbocycles. The Balaban J connectivity index is 1.48. The van der Waals surface area contributed by atoms with Gasteiger partial charge in [0.05, 0.1) is 19.7 Å². The molecule has 5 rings (SSSR count). The molecule has 1 aliphatic heterocycles. The van der Waals surface area contributed by atoms with Crippen LogP contribution in [0.4, 0.5) is 11.5 Å². The maximum Gasteiger partial charge on any atom is 0.162 e. The molecule has 30 heavy (non-hydrogen) atoms. The van der Waals surface area contributed by atoms with Crippen LogP contribution in [0, 0.1) is 0 Å². The number of aromatic amines is 1. The molecule has 0 radical (unpaired) electrons. The third kappa shape index (κ3) is 3.15. The highest BCUT2D eigenvalue weighted by atomic mass is 35.5. The predicted octanol–water partition coefficient (Wildman–Crippen LogP) is 4.11. The summed E-state index contributed by atoms with van der Waals surface area (Å²) in [6.07, 6.45) is 1.63. The number of anilines is 2. The third-order valence-corrected chi connectivity index (χ3v) is 5.85. The van der Waals surface area contributed by atoms with E-state index in [1.54, 1.807) is 20.5 Å². The van der Waals surface area contributed by atoms with Gasteiger partial charge in [0, 0.05) is 48.3 Å².